The number of nitrogens with zero attached hydrogens (tertiary/aromatic N) is 3. The van der Waals surface area contributed by atoms with Gasteiger partial charge in [-0.15, -0.1) is 0 Å². The lowest BCUT2D eigenvalue weighted by atomic mass is 9.96. The van der Waals surface area contributed by atoms with E-state index in [1.54, 1.807) is 0 Å². The minimum absolute atomic E-state index is 0.0131. The first-order valence-electron chi connectivity index (χ1n) is 22.6. The maximum absolute atomic E-state index is 12.6. The van der Waals surface area contributed by atoms with Gasteiger partial charge < -0.3 is 52.5 Å². The number of azide groups is 1. The number of benzene rings is 5. The van der Waals surface area contributed by atoms with Crippen LogP contribution in [0, 0.1) is 0 Å². The summed E-state index contributed by atoms with van der Waals surface area (Å²) >= 11 is 0. The van der Waals surface area contributed by atoms with Gasteiger partial charge in [-0.05, 0) is 39.8 Å². The van der Waals surface area contributed by atoms with E-state index in [1.165, 1.54) is 6.92 Å². The summed E-state index contributed by atoms with van der Waals surface area (Å²) in [6.45, 7) is 2.52. The molecule has 2 fully saturated rings. The third-order valence-electron chi connectivity index (χ3n) is 11.2. The van der Waals surface area contributed by atoms with Crippen LogP contribution in [0.4, 0.5) is 0 Å². The quantitative estimate of drug-likeness (QED) is 0.0196. The van der Waals surface area contributed by atoms with Gasteiger partial charge in [0.15, 0.2) is 18.7 Å². The van der Waals surface area contributed by atoms with Crippen LogP contribution in [-0.4, -0.2) is 98.9 Å². The second-order valence-corrected chi connectivity index (χ2v) is 16.2. The van der Waals surface area contributed by atoms with Crippen molar-refractivity contribution in [1.29, 1.82) is 0 Å². The average molecular weight is 918 g/mol. The number of ether oxygens (including phenoxy) is 10. The van der Waals surface area contributed by atoms with E-state index >= 15 is 0 Å². The van der Waals surface area contributed by atoms with Crippen molar-refractivity contribution in [3.05, 3.63) is 190 Å². The van der Waals surface area contributed by atoms with E-state index in [1.807, 2.05) is 152 Å². The number of hydrogen-bond acceptors (Lipinski definition) is 13. The first kappa shape index (κ1) is 49.4. The monoisotopic (exact) mass is 917 g/mol. The zero-order valence-corrected chi connectivity index (χ0v) is 37.6. The fourth-order valence-electron chi connectivity index (χ4n) is 7.90. The second-order valence-electron chi connectivity index (χ2n) is 16.2. The largest absolute Gasteiger partial charge is 0.457 e. The lowest BCUT2D eigenvalue weighted by Crippen LogP contribution is -2.66. The second kappa shape index (κ2) is 26.7. The van der Waals surface area contributed by atoms with E-state index in [0.29, 0.717) is 6.42 Å². The Morgan fingerprint density at radius 2 is 0.970 bits per heavy atom. The smallest absolute Gasteiger partial charge is 0.303 e. The van der Waals surface area contributed by atoms with E-state index in [4.69, 9.17) is 52.9 Å². The zero-order chi connectivity index (χ0) is 46.5. The fraction of sp³-hybridized carbons (Fsp3) is 0.404. The maximum atomic E-state index is 12.6. The van der Waals surface area contributed by atoms with Gasteiger partial charge >= 0.3 is 5.97 Å². The minimum Gasteiger partial charge on any atom is -0.457 e. The van der Waals surface area contributed by atoms with Gasteiger partial charge in [0.1, 0.15) is 42.7 Å². The van der Waals surface area contributed by atoms with Gasteiger partial charge in [0.05, 0.1) is 46.2 Å². The molecule has 5 aromatic rings. The third kappa shape index (κ3) is 15.2. The number of rotatable bonds is 25. The maximum Gasteiger partial charge on any atom is 0.303 e. The first-order chi connectivity index (χ1) is 32.9. The Labute approximate surface area is 391 Å². The molecule has 0 amide bonds. The standard InChI is InChI=1S/C52H59N3O12/c1-37(56)64-46-43(35-58-30-38-18-7-2-8-19-38)66-52(48(45(46)57)61-32-40-22-11-4-12-23-40)67-47-44(36-59-31-39-20-9-3-10-21-39)65-51(60-29-17-28-54-55-53)50(63-34-42-26-15-6-16-27-42)49(47)62-33-41-24-13-5-14-25-41/h2-16,18-27,43-52,57H,17,28-36H2,1H3/t43?,44?,45?,46-,47+,48?,49?,50?,51+,52-/m0/s1. The molecular formula is C52H59N3O12. The lowest BCUT2D eigenvalue weighted by Gasteiger charge is -2.49. The van der Waals surface area contributed by atoms with Crippen molar-refractivity contribution in [2.45, 2.75) is 108 Å². The van der Waals surface area contributed by atoms with Crippen LogP contribution in [0.25, 0.3) is 10.4 Å². The van der Waals surface area contributed by atoms with Crippen molar-refractivity contribution in [3.63, 3.8) is 0 Å². The molecule has 1 N–H and O–H groups in total. The molecule has 2 aliphatic heterocycles. The van der Waals surface area contributed by atoms with Crippen LogP contribution in [-0.2, 0) is 85.2 Å². The Hall–Kier alpha value is -5.52. The molecule has 0 aromatic heterocycles. The van der Waals surface area contributed by atoms with Gasteiger partial charge in [-0.1, -0.05) is 157 Å². The Morgan fingerprint density at radius 1 is 0.552 bits per heavy atom. The van der Waals surface area contributed by atoms with Gasteiger partial charge in [-0.25, -0.2) is 0 Å². The van der Waals surface area contributed by atoms with E-state index in [0.717, 1.165) is 27.8 Å². The van der Waals surface area contributed by atoms with Crippen molar-refractivity contribution in [2.24, 2.45) is 5.11 Å². The fourth-order valence-corrected chi connectivity index (χ4v) is 7.90. The first-order valence-corrected chi connectivity index (χ1v) is 22.6. The highest BCUT2D eigenvalue weighted by Crippen LogP contribution is 2.36. The molecular weight excluding hydrogens is 859 g/mol. The van der Waals surface area contributed by atoms with Crippen LogP contribution in [0.1, 0.15) is 41.2 Å². The lowest BCUT2D eigenvalue weighted by molar-refractivity contribution is -0.373. The van der Waals surface area contributed by atoms with E-state index in [-0.39, 0.29) is 59.4 Å². The number of aliphatic hydroxyl groups is 1. The molecule has 354 valence electrons. The predicted octanol–water partition coefficient (Wildman–Crippen LogP) is 8.02. The molecule has 2 aliphatic rings. The Morgan fingerprint density at radius 3 is 1.43 bits per heavy atom. The summed E-state index contributed by atoms with van der Waals surface area (Å²) in [7, 11) is 0. The highest BCUT2D eigenvalue weighted by atomic mass is 16.8. The topological polar surface area (TPSA) is 178 Å². The van der Waals surface area contributed by atoms with Gasteiger partial charge in [-0.3, -0.25) is 4.79 Å². The number of carbonyl (C=O) groups is 1. The van der Waals surface area contributed by atoms with Crippen LogP contribution in [0.15, 0.2) is 157 Å². The summed E-state index contributed by atoms with van der Waals surface area (Å²) in [5.74, 6) is -0.614. The highest BCUT2D eigenvalue weighted by molar-refractivity contribution is 5.66. The van der Waals surface area contributed by atoms with Crippen LogP contribution < -0.4 is 0 Å². The van der Waals surface area contributed by atoms with Crippen molar-refractivity contribution < 1.29 is 57.3 Å². The molecule has 0 bridgehead atoms. The molecule has 0 saturated carbocycles. The number of aliphatic hydroxyl groups excluding tert-OH is 1. The van der Waals surface area contributed by atoms with Crippen molar-refractivity contribution >= 4 is 5.97 Å². The van der Waals surface area contributed by atoms with Crippen LogP contribution >= 0.6 is 0 Å². The summed E-state index contributed by atoms with van der Waals surface area (Å²) in [5.41, 5.74) is 13.4. The van der Waals surface area contributed by atoms with Gasteiger partial charge in [0.25, 0.3) is 0 Å². The normalized spacial score (nSPS) is 24.9. The molecule has 2 saturated heterocycles. The van der Waals surface area contributed by atoms with Crippen LogP contribution in [0.3, 0.4) is 0 Å². The van der Waals surface area contributed by atoms with Crippen LogP contribution in [0.5, 0.6) is 0 Å². The minimum atomic E-state index is -1.44. The van der Waals surface area contributed by atoms with E-state index in [2.05, 4.69) is 10.0 Å². The summed E-state index contributed by atoms with van der Waals surface area (Å²) in [6, 6.07) is 48.3. The molecule has 7 rings (SSSR count). The molecule has 10 atom stereocenters. The summed E-state index contributed by atoms with van der Waals surface area (Å²) in [4.78, 5) is 15.5. The molecule has 15 heteroatoms. The molecule has 67 heavy (non-hydrogen) atoms. The number of esters is 1. The summed E-state index contributed by atoms with van der Waals surface area (Å²) < 4.78 is 65.7. The van der Waals surface area contributed by atoms with Gasteiger partial charge in [-0.2, -0.15) is 0 Å². The molecule has 2 heterocycles. The molecule has 6 unspecified atom stereocenters. The SMILES string of the molecule is CC(=O)O[C@H]1C(COCc2ccccc2)O[C@@H](O[C@@H]2C(COCc3ccccc3)O[C@@H](OCCCN=[N+]=[N-])C(OCc3ccccc3)C2OCc2ccccc2)C(OCc2ccccc2)C1O. The average Bonchev–Trinajstić information content (AvgIpc) is 3.36. The Bertz CT molecular complexity index is 2210. The molecule has 15 nitrogen and oxygen atoms in total. The number of carbonyl (C=O) groups excluding carboxylic acids is 1. The summed E-state index contributed by atoms with van der Waals surface area (Å²) in [5, 5.41) is 16.0. The number of hydrogen-bond donors (Lipinski definition) is 1. The summed E-state index contributed by atoms with van der Waals surface area (Å²) in [6.07, 6.45) is -10.4. The molecule has 0 aliphatic carbocycles. The Kier molecular flexibility index (Phi) is 19.7. The third-order valence-corrected chi connectivity index (χ3v) is 11.2. The highest BCUT2D eigenvalue weighted by Gasteiger charge is 2.54. The van der Waals surface area contributed by atoms with Crippen molar-refractivity contribution in [3.8, 4) is 0 Å². The Balaban J connectivity index is 1.25. The molecule has 0 spiro atoms. The van der Waals surface area contributed by atoms with Crippen LogP contribution in [0.2, 0.25) is 0 Å². The van der Waals surface area contributed by atoms with E-state index in [9.17, 15) is 9.90 Å². The predicted molar refractivity (Wildman–Crippen MR) is 246 cm³/mol. The van der Waals surface area contributed by atoms with Crippen molar-refractivity contribution in [2.75, 3.05) is 26.4 Å². The van der Waals surface area contributed by atoms with Gasteiger partial charge in [0, 0.05) is 25.0 Å². The van der Waals surface area contributed by atoms with Crippen molar-refractivity contribution in [1.82, 2.24) is 0 Å². The van der Waals surface area contributed by atoms with E-state index < -0.39 is 67.4 Å². The van der Waals surface area contributed by atoms with Gasteiger partial charge in [0.2, 0.25) is 0 Å². The molecule has 0 radical (unpaired) electrons. The zero-order valence-electron chi connectivity index (χ0n) is 37.6. The molecule has 5 aromatic carbocycles.